The summed E-state index contributed by atoms with van der Waals surface area (Å²) in [6.45, 7) is -1.67. The molecule has 1 aromatic rings. The van der Waals surface area contributed by atoms with Crippen LogP contribution in [0.2, 0.25) is 0 Å². The molecule has 28 heavy (non-hydrogen) atoms. The van der Waals surface area contributed by atoms with Crippen molar-refractivity contribution < 1.29 is 38.7 Å². The summed E-state index contributed by atoms with van der Waals surface area (Å²) < 4.78 is -1.22. The van der Waals surface area contributed by atoms with E-state index in [9.17, 15) is 29.1 Å². The number of carbonyl (C=O) groups is 5. The molecule has 1 saturated heterocycles. The third-order valence-corrected chi connectivity index (χ3v) is 5.23. The Kier molecular flexibility index (Phi) is 5.01. The summed E-state index contributed by atoms with van der Waals surface area (Å²) in [6.07, 6.45) is -0.265. The summed E-state index contributed by atoms with van der Waals surface area (Å²) in [5.74, 6) is -4.34. The third kappa shape index (κ3) is 2.69. The van der Waals surface area contributed by atoms with Crippen LogP contribution in [0.5, 0.6) is 0 Å². The fourth-order valence-electron chi connectivity index (χ4n) is 3.99. The Bertz CT molecular complexity index is 897. The van der Waals surface area contributed by atoms with E-state index in [1.165, 1.54) is 6.07 Å². The summed E-state index contributed by atoms with van der Waals surface area (Å²) >= 11 is 0. The van der Waals surface area contributed by atoms with Crippen LogP contribution in [0.1, 0.15) is 33.6 Å². The van der Waals surface area contributed by atoms with Gasteiger partial charge in [0.25, 0.3) is 5.91 Å². The number of rotatable bonds is 6. The summed E-state index contributed by atoms with van der Waals surface area (Å²) in [7, 11) is 1.56. The van der Waals surface area contributed by atoms with Gasteiger partial charge in [-0.1, -0.05) is 6.07 Å². The van der Waals surface area contributed by atoms with Crippen molar-refractivity contribution in [3.63, 3.8) is 0 Å². The molecule has 0 spiro atoms. The number of carboxylic acids is 1. The Balaban J connectivity index is 2.17. The molecule has 0 aromatic heterocycles. The highest BCUT2D eigenvalue weighted by Gasteiger charge is 2.63. The minimum Gasteiger partial charge on any atom is -0.477 e. The number of β-amino-alcohol motifs (C(OH)–C–C–N with tert-alkyl or cyclic N) is 1. The summed E-state index contributed by atoms with van der Waals surface area (Å²) in [6, 6.07) is 3.20. The van der Waals surface area contributed by atoms with E-state index in [0.29, 0.717) is 5.69 Å². The average molecular weight is 390 g/mol. The normalized spacial score (nSPS) is 24.5. The topological polar surface area (TPSA) is 141 Å². The second kappa shape index (κ2) is 7.13. The molecule has 0 saturated carbocycles. The number of hydrogen-bond donors (Lipinski definition) is 3. The van der Waals surface area contributed by atoms with Crippen LogP contribution in [-0.2, 0) is 14.4 Å². The number of benzene rings is 1. The molecule has 2 unspecified atom stereocenters. The molecule has 148 valence electrons. The smallest absolute Gasteiger partial charge is 0.360 e. The van der Waals surface area contributed by atoms with E-state index in [0.717, 1.165) is 4.90 Å². The van der Waals surface area contributed by atoms with Crippen molar-refractivity contribution in [1.82, 2.24) is 4.90 Å². The van der Waals surface area contributed by atoms with Gasteiger partial charge in [0.1, 0.15) is 5.56 Å². The molecule has 0 radical (unpaired) electrons. The third-order valence-electron chi connectivity index (χ3n) is 5.23. The fraction of sp³-hybridized carbons (Fsp3) is 0.389. The van der Waals surface area contributed by atoms with Crippen LogP contribution in [-0.4, -0.2) is 82.0 Å². The standard InChI is InChI=1S/C18H19N3O7/c1-19-11-4-2-3-10-15(11)18(28)21(17(10)27,9-14(24)25)12-5-6-13(23)20(7-8-22)16(12)26/h2-4,12,22H,5-9H2,1H3,(H-,19,24,25,28)/p+1. The van der Waals surface area contributed by atoms with Crippen LogP contribution in [0.3, 0.4) is 0 Å². The Hall–Kier alpha value is -3.11. The number of aliphatic hydroxyl groups is 1. The molecule has 1 aromatic carbocycles. The summed E-state index contributed by atoms with van der Waals surface area (Å²) in [5, 5.41) is 21.4. The number of hydrogen-bond acceptors (Lipinski definition) is 7. The number of carbonyl (C=O) groups excluding carboxylic acids is 4. The van der Waals surface area contributed by atoms with Gasteiger partial charge in [0.05, 0.1) is 24.4 Å². The number of piperidine rings is 1. The Labute approximate surface area is 159 Å². The van der Waals surface area contributed by atoms with Crippen molar-refractivity contribution in [1.29, 1.82) is 0 Å². The van der Waals surface area contributed by atoms with Gasteiger partial charge in [0.15, 0.2) is 12.6 Å². The van der Waals surface area contributed by atoms with Crippen molar-refractivity contribution in [3.8, 4) is 0 Å². The first kappa shape index (κ1) is 19.6. The predicted molar refractivity (Wildman–Crippen MR) is 94.2 cm³/mol. The van der Waals surface area contributed by atoms with E-state index in [4.69, 9.17) is 5.11 Å². The van der Waals surface area contributed by atoms with Crippen molar-refractivity contribution in [2.75, 3.05) is 32.1 Å². The lowest BCUT2D eigenvalue weighted by Crippen LogP contribution is -2.68. The first-order valence-electron chi connectivity index (χ1n) is 8.74. The maximum Gasteiger partial charge on any atom is 0.360 e. The van der Waals surface area contributed by atoms with E-state index >= 15 is 0 Å². The number of fused-ring (bicyclic) bond motifs is 1. The summed E-state index contributed by atoms with van der Waals surface area (Å²) in [4.78, 5) is 64.1. The highest BCUT2D eigenvalue weighted by Crippen LogP contribution is 2.39. The quantitative estimate of drug-likeness (QED) is 0.433. The monoisotopic (exact) mass is 390 g/mol. The molecule has 2 aliphatic heterocycles. The van der Waals surface area contributed by atoms with Gasteiger partial charge >= 0.3 is 17.8 Å². The average Bonchev–Trinajstić information content (AvgIpc) is 2.87. The number of amides is 4. The highest BCUT2D eigenvalue weighted by molar-refractivity contribution is 6.18. The lowest BCUT2D eigenvalue weighted by Gasteiger charge is -2.39. The zero-order valence-corrected chi connectivity index (χ0v) is 15.2. The zero-order chi connectivity index (χ0) is 20.6. The SMILES string of the molecule is CNc1cccc2c1C(=O)[N+](CC(=O)O)(C1CCC(=O)N(CCO)C1=O)C2=O. The van der Waals surface area contributed by atoms with Crippen LogP contribution in [0.4, 0.5) is 5.69 Å². The Morgan fingerprint density at radius 2 is 1.96 bits per heavy atom. The van der Waals surface area contributed by atoms with Gasteiger partial charge in [-0.15, -0.1) is 0 Å². The molecule has 2 heterocycles. The molecule has 1 fully saturated rings. The van der Waals surface area contributed by atoms with Crippen LogP contribution in [0, 0.1) is 0 Å². The van der Waals surface area contributed by atoms with Crippen LogP contribution in [0.25, 0.3) is 0 Å². The maximum atomic E-state index is 13.4. The maximum absolute atomic E-state index is 13.4. The number of nitrogens with zero attached hydrogens (tertiary/aromatic N) is 2. The molecule has 2 atom stereocenters. The van der Waals surface area contributed by atoms with E-state index in [-0.39, 0.29) is 30.5 Å². The number of nitrogens with one attached hydrogen (secondary N) is 1. The molecule has 0 bridgehead atoms. The number of quaternary nitrogens is 1. The van der Waals surface area contributed by atoms with Crippen molar-refractivity contribution in [2.24, 2.45) is 0 Å². The number of anilines is 1. The lowest BCUT2D eigenvalue weighted by molar-refractivity contribution is -0.774. The minimum absolute atomic E-state index is 0.0367. The number of likely N-dealkylation sites (tertiary alicyclic amines) is 1. The fourth-order valence-corrected chi connectivity index (χ4v) is 3.99. The van der Waals surface area contributed by atoms with Gasteiger partial charge < -0.3 is 15.5 Å². The molecule has 4 amide bonds. The predicted octanol–water partition coefficient (Wildman–Crippen LogP) is -0.566. The molecule has 2 aliphatic rings. The van der Waals surface area contributed by atoms with Gasteiger partial charge in [-0.25, -0.2) is 14.4 Å². The van der Waals surface area contributed by atoms with E-state index in [1.807, 2.05) is 0 Å². The number of carboxylic acid groups (broad SMARTS) is 1. The van der Waals surface area contributed by atoms with Gasteiger partial charge in [-0.3, -0.25) is 14.5 Å². The minimum atomic E-state index is -1.42. The van der Waals surface area contributed by atoms with Crippen molar-refractivity contribution in [3.05, 3.63) is 29.3 Å². The number of aliphatic carboxylic acids is 1. The molecular weight excluding hydrogens is 370 g/mol. The molecular formula is C18H20N3O7+. The Morgan fingerprint density at radius 3 is 2.57 bits per heavy atom. The van der Waals surface area contributed by atoms with Crippen molar-refractivity contribution in [2.45, 2.75) is 18.9 Å². The van der Waals surface area contributed by atoms with Crippen LogP contribution in [0.15, 0.2) is 18.2 Å². The molecule has 0 aliphatic carbocycles. The van der Waals surface area contributed by atoms with Crippen molar-refractivity contribution >= 4 is 35.3 Å². The first-order chi connectivity index (χ1) is 13.3. The first-order valence-corrected chi connectivity index (χ1v) is 8.74. The van der Waals surface area contributed by atoms with E-state index in [1.54, 1.807) is 19.2 Å². The van der Waals surface area contributed by atoms with E-state index < -0.39 is 53.3 Å². The van der Waals surface area contributed by atoms with Gasteiger partial charge in [0.2, 0.25) is 5.91 Å². The van der Waals surface area contributed by atoms with Crippen LogP contribution < -0.4 is 5.32 Å². The van der Waals surface area contributed by atoms with Gasteiger partial charge in [-0.2, -0.15) is 4.48 Å². The molecule has 10 nitrogen and oxygen atoms in total. The largest absolute Gasteiger partial charge is 0.477 e. The highest BCUT2D eigenvalue weighted by atomic mass is 16.4. The lowest BCUT2D eigenvalue weighted by atomic mass is 9.99. The Morgan fingerprint density at radius 1 is 1.25 bits per heavy atom. The van der Waals surface area contributed by atoms with Gasteiger partial charge in [-0.05, 0) is 12.1 Å². The summed E-state index contributed by atoms with van der Waals surface area (Å²) in [5.41, 5.74) is 0.430. The van der Waals surface area contributed by atoms with Gasteiger partial charge in [0, 0.05) is 19.9 Å². The second-order valence-corrected chi connectivity index (χ2v) is 6.67. The number of imide groups is 2. The molecule has 3 rings (SSSR count). The number of aliphatic hydroxyl groups excluding tert-OH is 1. The van der Waals surface area contributed by atoms with Crippen LogP contribution >= 0.6 is 0 Å². The molecule has 10 heteroatoms. The zero-order valence-electron chi connectivity index (χ0n) is 15.2. The second-order valence-electron chi connectivity index (χ2n) is 6.67. The van der Waals surface area contributed by atoms with E-state index in [2.05, 4.69) is 5.32 Å². The molecule has 3 N–H and O–H groups in total.